The van der Waals surface area contributed by atoms with Crippen molar-refractivity contribution < 1.29 is 13.2 Å². The molecule has 0 radical (unpaired) electrons. The summed E-state index contributed by atoms with van der Waals surface area (Å²) in [7, 11) is -3.26. The van der Waals surface area contributed by atoms with Crippen LogP contribution in [0.1, 0.15) is 19.8 Å². The molecular formula is C15H20N2O3S. The van der Waals surface area contributed by atoms with E-state index in [4.69, 9.17) is 4.74 Å². The van der Waals surface area contributed by atoms with Gasteiger partial charge in [0.2, 0.25) is 0 Å². The highest BCUT2D eigenvalue weighted by Gasteiger charge is 2.46. The molecule has 6 heteroatoms. The summed E-state index contributed by atoms with van der Waals surface area (Å²) in [5, 5.41) is 12.7. The maximum atomic E-state index is 11.5. The third kappa shape index (κ3) is 3.74. The summed E-state index contributed by atoms with van der Waals surface area (Å²) in [5.41, 5.74) is -0.685. The zero-order chi connectivity index (χ0) is 15.5. The molecule has 1 atom stereocenters. The molecule has 21 heavy (non-hydrogen) atoms. The van der Waals surface area contributed by atoms with E-state index < -0.39 is 15.4 Å². The zero-order valence-corrected chi connectivity index (χ0v) is 13.1. The Labute approximate surface area is 125 Å². The van der Waals surface area contributed by atoms with Crippen molar-refractivity contribution >= 4 is 9.84 Å². The third-order valence-corrected chi connectivity index (χ3v) is 4.78. The molecule has 1 aliphatic carbocycles. The van der Waals surface area contributed by atoms with Crippen LogP contribution in [0.15, 0.2) is 29.2 Å². The van der Waals surface area contributed by atoms with Crippen LogP contribution < -0.4 is 10.1 Å². The maximum absolute atomic E-state index is 11.5. The first-order chi connectivity index (χ1) is 9.91. The van der Waals surface area contributed by atoms with Gasteiger partial charge < -0.3 is 4.74 Å². The van der Waals surface area contributed by atoms with Gasteiger partial charge in [-0.15, -0.1) is 0 Å². The van der Waals surface area contributed by atoms with E-state index in [1.165, 1.54) is 12.1 Å². The van der Waals surface area contributed by atoms with Crippen molar-refractivity contribution in [2.75, 3.05) is 19.4 Å². The molecule has 0 heterocycles. The molecule has 1 unspecified atom stereocenters. The second kappa shape index (κ2) is 6.04. The molecule has 1 aromatic rings. The molecular weight excluding hydrogens is 288 g/mol. The number of rotatable bonds is 7. The van der Waals surface area contributed by atoms with Gasteiger partial charge in [0.05, 0.1) is 11.0 Å². The Morgan fingerprint density at radius 3 is 2.71 bits per heavy atom. The zero-order valence-electron chi connectivity index (χ0n) is 12.3. The summed E-state index contributed by atoms with van der Waals surface area (Å²) in [6, 6.07) is 8.72. The number of nitriles is 1. The summed E-state index contributed by atoms with van der Waals surface area (Å²) in [6.07, 6.45) is 3.20. The van der Waals surface area contributed by atoms with Crippen LogP contribution in [0.4, 0.5) is 0 Å². The van der Waals surface area contributed by atoms with Gasteiger partial charge in [-0.25, -0.2) is 8.42 Å². The quantitative estimate of drug-likeness (QED) is 0.830. The molecule has 0 saturated heterocycles. The first kappa shape index (κ1) is 15.8. The minimum absolute atomic E-state index is 0.217. The number of likely N-dealkylation sites (N-methyl/N-ethyl adjacent to an activating group) is 1. The molecule has 0 amide bonds. The average molecular weight is 308 g/mol. The van der Waals surface area contributed by atoms with Gasteiger partial charge in [-0.2, -0.15) is 5.26 Å². The Morgan fingerprint density at radius 1 is 1.48 bits per heavy atom. The van der Waals surface area contributed by atoms with Crippen LogP contribution in [-0.2, 0) is 9.84 Å². The van der Waals surface area contributed by atoms with Gasteiger partial charge in [0.1, 0.15) is 17.9 Å². The minimum atomic E-state index is -3.26. The first-order valence-electron chi connectivity index (χ1n) is 7.00. The fourth-order valence-electron chi connectivity index (χ4n) is 2.36. The molecule has 114 valence electrons. The summed E-state index contributed by atoms with van der Waals surface area (Å²) < 4.78 is 28.8. The van der Waals surface area contributed by atoms with E-state index in [0.29, 0.717) is 18.2 Å². The summed E-state index contributed by atoms with van der Waals surface area (Å²) >= 11 is 0. The van der Waals surface area contributed by atoms with Gasteiger partial charge in [0.15, 0.2) is 9.84 Å². The predicted molar refractivity (Wildman–Crippen MR) is 79.8 cm³/mol. The second-order valence-corrected chi connectivity index (χ2v) is 7.44. The van der Waals surface area contributed by atoms with E-state index in [-0.39, 0.29) is 11.5 Å². The minimum Gasteiger partial charge on any atom is -0.490 e. The molecule has 0 aromatic heterocycles. The lowest BCUT2D eigenvalue weighted by molar-refractivity contribution is 0.204. The molecule has 1 aromatic carbocycles. The first-order valence-corrected chi connectivity index (χ1v) is 8.89. The van der Waals surface area contributed by atoms with Gasteiger partial charge in [-0.05, 0) is 43.5 Å². The monoisotopic (exact) mass is 308 g/mol. The van der Waals surface area contributed by atoms with Crippen molar-refractivity contribution in [3.05, 3.63) is 24.3 Å². The van der Waals surface area contributed by atoms with Crippen LogP contribution in [0.25, 0.3) is 0 Å². The number of benzene rings is 1. The van der Waals surface area contributed by atoms with Crippen molar-refractivity contribution in [3.8, 4) is 11.8 Å². The average Bonchev–Trinajstić information content (AvgIpc) is 3.28. The summed E-state index contributed by atoms with van der Waals surface area (Å²) in [4.78, 5) is 0.220. The van der Waals surface area contributed by atoms with Crippen molar-refractivity contribution in [3.63, 3.8) is 0 Å². The van der Waals surface area contributed by atoms with Gasteiger partial charge in [0.25, 0.3) is 0 Å². The van der Waals surface area contributed by atoms with E-state index in [9.17, 15) is 13.7 Å². The van der Waals surface area contributed by atoms with Gasteiger partial charge in [0, 0.05) is 6.26 Å². The highest BCUT2D eigenvalue weighted by atomic mass is 32.2. The molecule has 1 N–H and O–H groups in total. The number of hydrogen-bond donors (Lipinski definition) is 1. The summed E-state index contributed by atoms with van der Waals surface area (Å²) in [6.45, 7) is 2.87. The van der Waals surface area contributed by atoms with E-state index in [1.807, 2.05) is 6.92 Å². The van der Waals surface area contributed by atoms with Crippen LogP contribution in [0.2, 0.25) is 0 Å². The number of hydrogen-bond acceptors (Lipinski definition) is 5. The van der Waals surface area contributed by atoms with Gasteiger partial charge in [-0.1, -0.05) is 13.0 Å². The number of nitrogens with one attached hydrogen (secondary N) is 1. The lowest BCUT2D eigenvalue weighted by Crippen LogP contribution is -2.50. The smallest absolute Gasteiger partial charge is 0.175 e. The van der Waals surface area contributed by atoms with Crippen molar-refractivity contribution in [2.24, 2.45) is 5.92 Å². The molecule has 2 rings (SSSR count). The molecule has 5 nitrogen and oxygen atoms in total. The molecule has 0 aliphatic heterocycles. The van der Waals surface area contributed by atoms with Crippen LogP contribution in [0.5, 0.6) is 5.75 Å². The molecule has 1 aliphatic rings. The highest BCUT2D eigenvalue weighted by Crippen LogP contribution is 2.39. The normalized spacial score (nSPS) is 17.8. The Kier molecular flexibility index (Phi) is 4.55. The molecule has 1 fully saturated rings. The van der Waals surface area contributed by atoms with E-state index in [2.05, 4.69) is 11.4 Å². The van der Waals surface area contributed by atoms with Gasteiger partial charge >= 0.3 is 0 Å². The number of nitrogens with zero attached hydrogens (tertiary/aromatic N) is 1. The number of sulfone groups is 1. The van der Waals surface area contributed by atoms with Crippen LogP contribution in [0, 0.1) is 17.2 Å². The Bertz CT molecular complexity index is 647. The van der Waals surface area contributed by atoms with Crippen LogP contribution >= 0.6 is 0 Å². The van der Waals surface area contributed by atoms with Gasteiger partial charge in [-0.3, -0.25) is 5.32 Å². The maximum Gasteiger partial charge on any atom is 0.175 e. The van der Waals surface area contributed by atoms with E-state index in [1.54, 1.807) is 12.1 Å². The second-order valence-electron chi connectivity index (χ2n) is 5.42. The topological polar surface area (TPSA) is 79.2 Å². The molecule has 0 bridgehead atoms. The fourth-order valence-corrected chi connectivity index (χ4v) is 3.02. The third-order valence-electron chi connectivity index (χ3n) is 3.67. The lowest BCUT2D eigenvalue weighted by atomic mass is 9.96. The van der Waals surface area contributed by atoms with Crippen molar-refractivity contribution in [1.29, 1.82) is 5.26 Å². The molecule has 1 saturated carbocycles. The lowest BCUT2D eigenvalue weighted by Gasteiger charge is -2.27. The van der Waals surface area contributed by atoms with Crippen LogP contribution in [-0.4, -0.2) is 33.4 Å². The predicted octanol–water partition coefficient (Wildman–Crippen LogP) is 1.75. The van der Waals surface area contributed by atoms with Crippen LogP contribution in [0.3, 0.4) is 0 Å². The standard InChI is InChI=1S/C15H20N2O3S/c1-3-17-15(10-16,12-7-8-12)11-20-13-5-4-6-14(9-13)21(2,18)19/h4-6,9,12,17H,3,7-8,11H2,1-2H3. The Balaban J connectivity index is 2.13. The number of ether oxygens (including phenoxy) is 1. The fraction of sp³-hybridized carbons (Fsp3) is 0.533. The largest absolute Gasteiger partial charge is 0.490 e. The summed E-state index contributed by atoms with van der Waals surface area (Å²) in [5.74, 6) is 0.775. The Morgan fingerprint density at radius 2 is 2.19 bits per heavy atom. The van der Waals surface area contributed by atoms with E-state index >= 15 is 0 Å². The highest BCUT2D eigenvalue weighted by molar-refractivity contribution is 7.90. The van der Waals surface area contributed by atoms with E-state index in [0.717, 1.165) is 19.1 Å². The molecule has 0 spiro atoms. The SMILES string of the molecule is CCNC(C#N)(COc1cccc(S(C)(=O)=O)c1)C1CC1. The van der Waals surface area contributed by atoms with Crippen molar-refractivity contribution in [1.82, 2.24) is 5.32 Å². The Hall–Kier alpha value is -1.58. The van der Waals surface area contributed by atoms with Crippen molar-refractivity contribution in [2.45, 2.75) is 30.2 Å².